The Morgan fingerprint density at radius 3 is 2.79 bits per heavy atom. The molecule has 9 heteroatoms. The Balaban J connectivity index is 1.96. The molecule has 0 radical (unpaired) electrons. The van der Waals surface area contributed by atoms with E-state index < -0.39 is 10.0 Å². The molecule has 0 spiro atoms. The summed E-state index contributed by atoms with van der Waals surface area (Å²) >= 11 is 1.30. The van der Waals surface area contributed by atoms with Crippen molar-refractivity contribution in [2.24, 2.45) is 4.99 Å². The van der Waals surface area contributed by atoms with Gasteiger partial charge >= 0.3 is 0 Å². The van der Waals surface area contributed by atoms with Crippen LogP contribution in [0.2, 0.25) is 0 Å². The van der Waals surface area contributed by atoms with Gasteiger partial charge in [-0.15, -0.1) is 17.9 Å². The number of sulfonamides is 1. The number of hydrogen-bond donors (Lipinski definition) is 1. The molecule has 0 unspecified atom stereocenters. The van der Waals surface area contributed by atoms with Crippen molar-refractivity contribution in [2.45, 2.75) is 43.4 Å². The maximum atomic E-state index is 12.8. The van der Waals surface area contributed by atoms with E-state index in [4.69, 9.17) is 9.73 Å². The third kappa shape index (κ3) is 7.40. The van der Waals surface area contributed by atoms with Crippen LogP contribution in [0.15, 0.2) is 34.0 Å². The molecule has 2 heterocycles. The van der Waals surface area contributed by atoms with Crippen LogP contribution in [0, 0.1) is 0 Å². The van der Waals surface area contributed by atoms with Crippen molar-refractivity contribution < 1.29 is 13.2 Å². The predicted molar refractivity (Wildman–Crippen MR) is 120 cm³/mol. The van der Waals surface area contributed by atoms with Crippen molar-refractivity contribution in [3.8, 4) is 0 Å². The molecule has 1 aromatic rings. The number of nitrogens with zero attached hydrogens (tertiary/aromatic N) is 3. The third-order valence-electron chi connectivity index (χ3n) is 4.68. The van der Waals surface area contributed by atoms with Crippen LogP contribution in [0.5, 0.6) is 0 Å². The molecular formula is C20H34N4O3S2. The largest absolute Gasteiger partial charge is 0.379 e. The molecule has 7 nitrogen and oxygen atoms in total. The van der Waals surface area contributed by atoms with Gasteiger partial charge in [-0.2, -0.15) is 4.31 Å². The standard InChI is InChI=1S/C20H34N4O3S2/c1-4-6-7-8-9-12-23(3)20(21-5-2)22-17-18-10-11-19(28-18)29(25,26)24-13-15-27-16-14-24/h4,10-11H,1,5-9,12-17H2,2-3H3,(H,21,22). The highest BCUT2D eigenvalue weighted by Crippen LogP contribution is 2.26. The first-order valence-electron chi connectivity index (χ1n) is 10.3. The van der Waals surface area contributed by atoms with E-state index in [2.05, 4.69) is 16.8 Å². The van der Waals surface area contributed by atoms with Crippen LogP contribution in [-0.4, -0.2) is 70.0 Å². The van der Waals surface area contributed by atoms with Crippen LogP contribution in [0.4, 0.5) is 0 Å². The summed E-state index contributed by atoms with van der Waals surface area (Å²) < 4.78 is 32.7. The first-order chi connectivity index (χ1) is 14.0. The number of thiophene rings is 1. The van der Waals surface area contributed by atoms with Crippen molar-refractivity contribution >= 4 is 27.3 Å². The molecule has 0 saturated carbocycles. The van der Waals surface area contributed by atoms with Crippen LogP contribution in [-0.2, 0) is 21.3 Å². The number of unbranched alkanes of at least 4 members (excludes halogenated alkanes) is 3. The minimum Gasteiger partial charge on any atom is -0.379 e. The van der Waals surface area contributed by atoms with Gasteiger partial charge in [0, 0.05) is 38.1 Å². The summed E-state index contributed by atoms with van der Waals surface area (Å²) in [6.07, 6.45) is 6.47. The summed E-state index contributed by atoms with van der Waals surface area (Å²) in [5.41, 5.74) is 0. The lowest BCUT2D eigenvalue weighted by atomic mass is 10.2. The van der Waals surface area contributed by atoms with Gasteiger partial charge in [0.2, 0.25) is 0 Å². The normalized spacial score (nSPS) is 16.0. The lowest BCUT2D eigenvalue weighted by Gasteiger charge is -2.25. The second kappa shape index (κ2) is 12.3. The first kappa shape index (κ1) is 23.9. The van der Waals surface area contributed by atoms with Gasteiger partial charge in [0.15, 0.2) is 5.96 Å². The fraction of sp³-hybridized carbons (Fsp3) is 0.650. The molecule has 0 aliphatic carbocycles. The molecule has 1 aliphatic heterocycles. The number of morpholine rings is 1. The van der Waals surface area contributed by atoms with Crippen LogP contribution in [0.1, 0.15) is 37.5 Å². The Morgan fingerprint density at radius 1 is 1.34 bits per heavy atom. The predicted octanol–water partition coefficient (Wildman–Crippen LogP) is 2.91. The Bertz CT molecular complexity index is 756. The van der Waals surface area contributed by atoms with Crippen molar-refractivity contribution in [3.63, 3.8) is 0 Å². The molecule has 0 bridgehead atoms. The Labute approximate surface area is 179 Å². The van der Waals surface area contributed by atoms with Gasteiger partial charge in [-0.25, -0.2) is 13.4 Å². The fourth-order valence-electron chi connectivity index (χ4n) is 3.04. The molecule has 1 N–H and O–H groups in total. The molecule has 1 aliphatic rings. The molecule has 1 aromatic heterocycles. The lowest BCUT2D eigenvalue weighted by molar-refractivity contribution is 0.0731. The van der Waals surface area contributed by atoms with Crippen molar-refractivity contribution in [3.05, 3.63) is 29.7 Å². The average Bonchev–Trinajstić information content (AvgIpc) is 3.21. The van der Waals surface area contributed by atoms with E-state index in [1.807, 2.05) is 26.1 Å². The zero-order chi connectivity index (χ0) is 21.1. The molecule has 0 aromatic carbocycles. The second-order valence-corrected chi connectivity index (χ2v) is 10.3. The van der Waals surface area contributed by atoms with Gasteiger partial charge in [0.05, 0.1) is 19.8 Å². The zero-order valence-electron chi connectivity index (χ0n) is 17.6. The number of hydrogen-bond acceptors (Lipinski definition) is 5. The van der Waals surface area contributed by atoms with Crippen LogP contribution in [0.3, 0.4) is 0 Å². The number of nitrogens with one attached hydrogen (secondary N) is 1. The van der Waals surface area contributed by atoms with Gasteiger partial charge < -0.3 is 15.0 Å². The number of ether oxygens (including phenoxy) is 1. The SMILES string of the molecule is C=CCCCCCN(C)C(=NCc1ccc(S(=O)(=O)N2CCOCC2)s1)NCC. The molecule has 0 atom stereocenters. The third-order valence-corrected chi connectivity index (χ3v) is 8.12. The maximum absolute atomic E-state index is 12.8. The number of aliphatic imine (C=N–C) groups is 1. The van der Waals surface area contributed by atoms with Gasteiger partial charge in [0.25, 0.3) is 10.0 Å². The first-order valence-corrected chi connectivity index (χ1v) is 12.5. The number of rotatable bonds is 11. The molecule has 1 saturated heterocycles. The van der Waals surface area contributed by atoms with Crippen molar-refractivity contribution in [1.82, 2.24) is 14.5 Å². The van der Waals surface area contributed by atoms with Crippen molar-refractivity contribution in [2.75, 3.05) is 46.4 Å². The summed E-state index contributed by atoms with van der Waals surface area (Å²) in [6, 6.07) is 3.55. The summed E-state index contributed by atoms with van der Waals surface area (Å²) in [7, 11) is -1.40. The van der Waals surface area contributed by atoms with E-state index in [1.54, 1.807) is 6.07 Å². The smallest absolute Gasteiger partial charge is 0.252 e. The van der Waals surface area contributed by atoms with Gasteiger partial charge in [-0.05, 0) is 38.3 Å². The van der Waals surface area contributed by atoms with Crippen molar-refractivity contribution in [1.29, 1.82) is 0 Å². The summed E-state index contributed by atoms with van der Waals surface area (Å²) in [6.45, 7) is 9.73. The Kier molecular flexibility index (Phi) is 10.1. The molecule has 1 fully saturated rings. The van der Waals surface area contributed by atoms with E-state index in [0.29, 0.717) is 37.1 Å². The molecule has 2 rings (SSSR count). The lowest BCUT2D eigenvalue weighted by Crippen LogP contribution is -2.40. The highest BCUT2D eigenvalue weighted by molar-refractivity contribution is 7.91. The van der Waals surface area contributed by atoms with E-state index in [9.17, 15) is 8.42 Å². The topological polar surface area (TPSA) is 74.2 Å². The minimum absolute atomic E-state index is 0.380. The zero-order valence-corrected chi connectivity index (χ0v) is 19.2. The summed E-state index contributed by atoms with van der Waals surface area (Å²) in [4.78, 5) is 7.78. The molecule has 29 heavy (non-hydrogen) atoms. The fourth-order valence-corrected chi connectivity index (χ4v) is 5.88. The van der Waals surface area contributed by atoms with Crippen LogP contribution < -0.4 is 5.32 Å². The van der Waals surface area contributed by atoms with Gasteiger partial charge in [-0.1, -0.05) is 12.5 Å². The van der Waals surface area contributed by atoms with E-state index in [-0.39, 0.29) is 0 Å². The Hall–Kier alpha value is -1.42. The second-order valence-electron chi connectivity index (χ2n) is 6.97. The molecular weight excluding hydrogens is 408 g/mol. The van der Waals surface area contributed by atoms with Crippen LogP contribution >= 0.6 is 11.3 Å². The maximum Gasteiger partial charge on any atom is 0.252 e. The average molecular weight is 443 g/mol. The Morgan fingerprint density at radius 2 is 2.10 bits per heavy atom. The van der Waals surface area contributed by atoms with E-state index in [0.717, 1.165) is 36.8 Å². The highest BCUT2D eigenvalue weighted by atomic mass is 32.2. The number of allylic oxidation sites excluding steroid dienone is 1. The molecule has 164 valence electrons. The summed E-state index contributed by atoms with van der Waals surface area (Å²) in [5.74, 6) is 0.849. The molecule has 0 amide bonds. The monoisotopic (exact) mass is 442 g/mol. The van der Waals surface area contributed by atoms with E-state index >= 15 is 0 Å². The summed E-state index contributed by atoms with van der Waals surface area (Å²) in [5, 5.41) is 3.32. The number of guanidine groups is 1. The van der Waals surface area contributed by atoms with Gasteiger partial charge in [-0.3, -0.25) is 0 Å². The van der Waals surface area contributed by atoms with Gasteiger partial charge in [0.1, 0.15) is 4.21 Å². The minimum atomic E-state index is -3.44. The van der Waals surface area contributed by atoms with E-state index in [1.165, 1.54) is 28.5 Å². The quantitative estimate of drug-likeness (QED) is 0.247. The van der Waals surface area contributed by atoms with Crippen LogP contribution in [0.25, 0.3) is 0 Å². The highest BCUT2D eigenvalue weighted by Gasteiger charge is 2.27.